The number of aryl methyl sites for hydroxylation is 2. The highest BCUT2D eigenvalue weighted by Crippen LogP contribution is 2.28. The van der Waals surface area contributed by atoms with Crippen molar-refractivity contribution in [1.29, 1.82) is 5.26 Å². The molecule has 8 heteroatoms. The normalized spacial score (nSPS) is 13.7. The summed E-state index contributed by atoms with van der Waals surface area (Å²) in [4.78, 5) is 38.7. The van der Waals surface area contributed by atoms with Crippen LogP contribution in [0.5, 0.6) is 0 Å². The predicted octanol–water partition coefficient (Wildman–Crippen LogP) is 4.27. The van der Waals surface area contributed by atoms with Crippen LogP contribution >= 0.6 is 0 Å². The largest absolute Gasteiger partial charge is 0.481 e. The van der Waals surface area contributed by atoms with E-state index in [1.54, 1.807) is 25.1 Å². The molecule has 0 aliphatic carbocycles. The SMILES string of the molecule is Cc1cn(C(C)C(=O)Nc2cc(C#N)ccc2CCCC(=O)O)c2cc(C(=O)N3CCC3)ccc12. The van der Waals surface area contributed by atoms with Gasteiger partial charge < -0.3 is 19.9 Å². The molecule has 2 aromatic carbocycles. The van der Waals surface area contributed by atoms with Gasteiger partial charge in [-0.05, 0) is 68.5 Å². The number of fused-ring (bicyclic) bond motifs is 1. The maximum absolute atomic E-state index is 13.3. The molecule has 0 radical (unpaired) electrons. The number of carbonyl (C=O) groups excluding carboxylic acids is 2. The molecule has 2 amide bonds. The highest BCUT2D eigenvalue weighted by atomic mass is 16.4. The molecule has 4 rings (SSSR count). The van der Waals surface area contributed by atoms with Crippen molar-refractivity contribution in [3.8, 4) is 6.07 Å². The van der Waals surface area contributed by atoms with Crippen molar-refractivity contribution in [2.24, 2.45) is 0 Å². The van der Waals surface area contributed by atoms with Gasteiger partial charge in [-0.2, -0.15) is 5.26 Å². The van der Waals surface area contributed by atoms with Gasteiger partial charge in [-0.15, -0.1) is 0 Å². The second-order valence-electron chi connectivity index (χ2n) is 8.99. The van der Waals surface area contributed by atoms with E-state index in [-0.39, 0.29) is 18.2 Å². The predicted molar refractivity (Wildman–Crippen MR) is 132 cm³/mol. The molecule has 1 fully saturated rings. The lowest BCUT2D eigenvalue weighted by Crippen LogP contribution is -2.42. The number of carboxylic acids is 1. The maximum Gasteiger partial charge on any atom is 0.303 e. The third-order valence-corrected chi connectivity index (χ3v) is 6.55. The Morgan fingerprint density at radius 3 is 2.60 bits per heavy atom. The summed E-state index contributed by atoms with van der Waals surface area (Å²) < 4.78 is 1.87. The topological polar surface area (TPSA) is 115 Å². The first-order valence-corrected chi connectivity index (χ1v) is 11.7. The molecule has 35 heavy (non-hydrogen) atoms. The van der Waals surface area contributed by atoms with Gasteiger partial charge in [0.25, 0.3) is 5.91 Å². The van der Waals surface area contributed by atoms with Gasteiger partial charge in [0.2, 0.25) is 5.91 Å². The lowest BCUT2D eigenvalue weighted by Gasteiger charge is -2.31. The average Bonchev–Trinajstić information content (AvgIpc) is 3.13. The number of aromatic nitrogens is 1. The summed E-state index contributed by atoms with van der Waals surface area (Å²) in [6.45, 7) is 5.30. The average molecular weight is 473 g/mol. The molecule has 3 aromatic rings. The Hall–Kier alpha value is -4.12. The fraction of sp³-hybridized carbons (Fsp3) is 0.333. The number of benzene rings is 2. The van der Waals surface area contributed by atoms with Crippen molar-refractivity contribution in [3.63, 3.8) is 0 Å². The van der Waals surface area contributed by atoms with E-state index in [0.717, 1.165) is 41.5 Å². The standard InChI is InChI=1S/C27H28N4O4/c1-17-16-31(24-14-21(9-10-22(17)24)27(35)30-11-4-12-30)18(2)26(34)29-23-13-19(15-28)7-8-20(23)5-3-6-25(32)33/h7-10,13-14,16,18H,3-6,11-12H2,1-2H3,(H,29,34)(H,32,33). The minimum absolute atomic E-state index is 0.0000196. The third kappa shape index (κ3) is 5.04. The van der Waals surface area contributed by atoms with Crippen molar-refractivity contribution in [1.82, 2.24) is 9.47 Å². The van der Waals surface area contributed by atoms with Crippen LogP contribution in [0.25, 0.3) is 10.9 Å². The molecule has 1 unspecified atom stereocenters. The number of anilines is 1. The summed E-state index contributed by atoms with van der Waals surface area (Å²) in [5, 5.41) is 22.2. The molecule has 1 aliphatic heterocycles. The first-order valence-electron chi connectivity index (χ1n) is 11.7. The van der Waals surface area contributed by atoms with Crippen molar-refractivity contribution < 1.29 is 19.5 Å². The van der Waals surface area contributed by atoms with Crippen molar-refractivity contribution in [2.45, 2.75) is 45.6 Å². The van der Waals surface area contributed by atoms with Crippen LogP contribution in [-0.4, -0.2) is 45.4 Å². The number of amides is 2. The smallest absolute Gasteiger partial charge is 0.303 e. The van der Waals surface area contributed by atoms with Gasteiger partial charge in [0.15, 0.2) is 0 Å². The Morgan fingerprint density at radius 2 is 1.94 bits per heavy atom. The van der Waals surface area contributed by atoms with Crippen LogP contribution < -0.4 is 5.32 Å². The summed E-state index contributed by atoms with van der Waals surface area (Å²) in [6, 6.07) is 12.1. The Labute approximate surface area is 203 Å². The van der Waals surface area contributed by atoms with Crippen LogP contribution in [0, 0.1) is 18.3 Å². The van der Waals surface area contributed by atoms with Crippen LogP contribution in [0.3, 0.4) is 0 Å². The molecule has 1 atom stereocenters. The van der Waals surface area contributed by atoms with Gasteiger partial charge >= 0.3 is 5.97 Å². The molecule has 1 aromatic heterocycles. The highest BCUT2D eigenvalue weighted by Gasteiger charge is 2.24. The van der Waals surface area contributed by atoms with E-state index < -0.39 is 12.0 Å². The molecule has 1 aliphatic rings. The lowest BCUT2D eigenvalue weighted by atomic mass is 10.0. The van der Waals surface area contributed by atoms with E-state index >= 15 is 0 Å². The van der Waals surface area contributed by atoms with Gasteiger partial charge in [-0.3, -0.25) is 14.4 Å². The Kier molecular flexibility index (Phi) is 6.87. The Bertz CT molecular complexity index is 1350. The number of hydrogen-bond donors (Lipinski definition) is 2. The van der Waals surface area contributed by atoms with Crippen LogP contribution in [0.4, 0.5) is 5.69 Å². The van der Waals surface area contributed by atoms with Gasteiger partial charge in [-0.1, -0.05) is 12.1 Å². The summed E-state index contributed by atoms with van der Waals surface area (Å²) in [5.41, 5.74) is 4.11. The minimum atomic E-state index is -0.875. The summed E-state index contributed by atoms with van der Waals surface area (Å²) in [7, 11) is 0. The minimum Gasteiger partial charge on any atom is -0.481 e. The van der Waals surface area contributed by atoms with E-state index in [4.69, 9.17) is 5.11 Å². The summed E-state index contributed by atoms with van der Waals surface area (Å²) in [6.07, 6.45) is 3.85. The van der Waals surface area contributed by atoms with Crippen LogP contribution in [0.15, 0.2) is 42.6 Å². The van der Waals surface area contributed by atoms with Gasteiger partial charge in [0.1, 0.15) is 6.04 Å². The molecule has 180 valence electrons. The number of nitrogens with one attached hydrogen (secondary N) is 1. The Morgan fingerprint density at radius 1 is 1.17 bits per heavy atom. The molecule has 2 heterocycles. The van der Waals surface area contributed by atoms with Crippen molar-refractivity contribution >= 4 is 34.4 Å². The number of hydrogen-bond acceptors (Lipinski definition) is 4. The zero-order valence-electron chi connectivity index (χ0n) is 19.9. The first kappa shape index (κ1) is 24.0. The van der Waals surface area contributed by atoms with E-state index in [9.17, 15) is 19.6 Å². The van der Waals surface area contributed by atoms with E-state index in [2.05, 4.69) is 11.4 Å². The van der Waals surface area contributed by atoms with Gasteiger partial charge in [0, 0.05) is 47.9 Å². The van der Waals surface area contributed by atoms with E-state index in [1.807, 2.05) is 40.8 Å². The number of likely N-dealkylation sites (tertiary alicyclic amines) is 1. The van der Waals surface area contributed by atoms with E-state index in [0.29, 0.717) is 29.7 Å². The van der Waals surface area contributed by atoms with Gasteiger partial charge in [-0.25, -0.2) is 0 Å². The van der Waals surface area contributed by atoms with Crippen LogP contribution in [0.1, 0.15) is 59.3 Å². The van der Waals surface area contributed by atoms with Crippen LogP contribution in [0.2, 0.25) is 0 Å². The summed E-state index contributed by atoms with van der Waals surface area (Å²) in [5.74, 6) is -1.14. The molecule has 2 N–H and O–H groups in total. The number of aliphatic carboxylic acids is 1. The number of rotatable bonds is 8. The third-order valence-electron chi connectivity index (χ3n) is 6.55. The first-order chi connectivity index (χ1) is 16.8. The zero-order chi connectivity index (χ0) is 25.1. The second-order valence-corrected chi connectivity index (χ2v) is 8.99. The molecular weight excluding hydrogens is 444 g/mol. The fourth-order valence-corrected chi connectivity index (χ4v) is 4.36. The van der Waals surface area contributed by atoms with Gasteiger partial charge in [0.05, 0.1) is 11.6 Å². The molecular formula is C27H28N4O4. The van der Waals surface area contributed by atoms with Crippen molar-refractivity contribution in [3.05, 3.63) is 64.8 Å². The molecule has 8 nitrogen and oxygen atoms in total. The number of carboxylic acid groups (broad SMARTS) is 1. The Balaban J connectivity index is 1.60. The van der Waals surface area contributed by atoms with E-state index in [1.165, 1.54) is 0 Å². The quantitative estimate of drug-likeness (QED) is 0.508. The zero-order valence-corrected chi connectivity index (χ0v) is 19.9. The molecule has 0 bridgehead atoms. The monoisotopic (exact) mass is 472 g/mol. The lowest BCUT2D eigenvalue weighted by molar-refractivity contribution is -0.137. The second kappa shape index (κ2) is 10.0. The van der Waals surface area contributed by atoms with Crippen LogP contribution in [-0.2, 0) is 16.0 Å². The van der Waals surface area contributed by atoms with Crippen molar-refractivity contribution in [2.75, 3.05) is 18.4 Å². The number of nitrogens with zero attached hydrogens (tertiary/aromatic N) is 3. The number of carbonyl (C=O) groups is 3. The maximum atomic E-state index is 13.3. The molecule has 1 saturated heterocycles. The molecule has 0 saturated carbocycles. The summed E-state index contributed by atoms with van der Waals surface area (Å²) >= 11 is 0. The highest BCUT2D eigenvalue weighted by molar-refractivity contribution is 6.00. The molecule has 0 spiro atoms. The number of nitriles is 1. The fourth-order valence-electron chi connectivity index (χ4n) is 4.36.